The maximum atomic E-state index is 3.12. The summed E-state index contributed by atoms with van der Waals surface area (Å²) >= 11 is 0. The molecule has 0 spiro atoms. The quantitative estimate of drug-likeness (QED) is 0.309. The average molecular weight is 90.1 g/mol. The molecule has 0 fully saturated rings. The number of fused-ring (bicyclic) bond motifs is 2. The Morgan fingerprint density at radius 2 is 1.71 bits per heavy atom. The molecule has 0 aromatic rings. The SMILES string of the molecule is C1#CC2C=CC1C2. The Hall–Kier alpha value is -0.700. The predicted octanol–water partition coefficient (Wildman–Crippen LogP) is 1.20. The zero-order valence-corrected chi connectivity index (χ0v) is 4.02. The summed E-state index contributed by atoms with van der Waals surface area (Å²) in [5.41, 5.74) is 0. The van der Waals surface area contributed by atoms with E-state index < -0.39 is 0 Å². The van der Waals surface area contributed by atoms with Gasteiger partial charge in [-0.05, 0) is 6.42 Å². The van der Waals surface area contributed by atoms with Crippen LogP contribution in [-0.4, -0.2) is 0 Å². The smallest absolute Gasteiger partial charge is 0.0398 e. The van der Waals surface area contributed by atoms with Crippen LogP contribution in [0, 0.1) is 23.7 Å². The lowest BCUT2D eigenvalue weighted by atomic mass is 10.1. The largest absolute Gasteiger partial charge is 0.0951 e. The fraction of sp³-hybridized carbons (Fsp3) is 0.429. The monoisotopic (exact) mass is 90.0 g/mol. The minimum Gasteiger partial charge on any atom is -0.0951 e. The van der Waals surface area contributed by atoms with E-state index in [9.17, 15) is 0 Å². The van der Waals surface area contributed by atoms with Crippen molar-refractivity contribution in [3.63, 3.8) is 0 Å². The van der Waals surface area contributed by atoms with Gasteiger partial charge in [-0.2, -0.15) is 0 Å². The first-order chi connectivity index (χ1) is 3.45. The lowest BCUT2D eigenvalue weighted by molar-refractivity contribution is 0.742. The van der Waals surface area contributed by atoms with Gasteiger partial charge in [-0.15, -0.1) is 0 Å². The minimum absolute atomic E-state index is 0.630. The minimum atomic E-state index is 0.630. The molecule has 2 bridgehead atoms. The Balaban J connectivity index is 2.44. The van der Waals surface area contributed by atoms with E-state index in [0.29, 0.717) is 11.8 Å². The lowest BCUT2D eigenvalue weighted by Gasteiger charge is -1.87. The van der Waals surface area contributed by atoms with Gasteiger partial charge in [0.2, 0.25) is 0 Å². The second-order valence-corrected chi connectivity index (χ2v) is 2.12. The molecule has 2 rings (SSSR count). The molecule has 0 aromatic carbocycles. The lowest BCUT2D eigenvalue weighted by Crippen LogP contribution is -1.81. The molecular weight excluding hydrogens is 84.1 g/mol. The van der Waals surface area contributed by atoms with Crippen LogP contribution in [0.3, 0.4) is 0 Å². The molecule has 0 amide bonds. The summed E-state index contributed by atoms with van der Waals surface area (Å²) in [5.74, 6) is 7.50. The Bertz CT molecular complexity index is 150. The number of hydrogen-bond acceptors (Lipinski definition) is 0. The molecule has 0 aromatic heterocycles. The van der Waals surface area contributed by atoms with E-state index in [-0.39, 0.29) is 0 Å². The topological polar surface area (TPSA) is 0 Å². The third-order valence-corrected chi connectivity index (χ3v) is 1.54. The Labute approximate surface area is 43.2 Å². The zero-order valence-electron chi connectivity index (χ0n) is 4.02. The predicted molar refractivity (Wildman–Crippen MR) is 28.5 cm³/mol. The molecule has 0 radical (unpaired) electrons. The van der Waals surface area contributed by atoms with E-state index in [4.69, 9.17) is 0 Å². The first kappa shape index (κ1) is 3.32. The first-order valence-corrected chi connectivity index (χ1v) is 2.64. The van der Waals surface area contributed by atoms with E-state index in [2.05, 4.69) is 24.0 Å². The van der Waals surface area contributed by atoms with E-state index in [1.807, 2.05) is 0 Å². The summed E-state index contributed by atoms with van der Waals surface area (Å²) in [7, 11) is 0. The second-order valence-electron chi connectivity index (χ2n) is 2.12. The van der Waals surface area contributed by atoms with Crippen LogP contribution in [0.1, 0.15) is 6.42 Å². The normalized spacial score (nSPS) is 41.1. The van der Waals surface area contributed by atoms with Gasteiger partial charge in [-0.3, -0.25) is 0 Å². The molecule has 2 aliphatic carbocycles. The summed E-state index contributed by atoms with van der Waals surface area (Å²) in [4.78, 5) is 0. The molecule has 34 valence electrons. The van der Waals surface area contributed by atoms with E-state index >= 15 is 0 Å². The Morgan fingerprint density at radius 3 is 1.86 bits per heavy atom. The zero-order chi connectivity index (χ0) is 4.69. The highest BCUT2D eigenvalue weighted by atomic mass is 14.2. The molecule has 2 atom stereocenters. The number of rotatable bonds is 0. The van der Waals surface area contributed by atoms with Crippen molar-refractivity contribution < 1.29 is 0 Å². The van der Waals surface area contributed by atoms with Gasteiger partial charge in [-0.25, -0.2) is 0 Å². The highest BCUT2D eigenvalue weighted by molar-refractivity contribution is 5.30. The van der Waals surface area contributed by atoms with E-state index in [0.717, 1.165) is 0 Å². The molecule has 0 N–H and O–H groups in total. The van der Waals surface area contributed by atoms with Crippen LogP contribution >= 0.6 is 0 Å². The second kappa shape index (κ2) is 0.924. The molecule has 0 saturated heterocycles. The van der Waals surface area contributed by atoms with Crippen molar-refractivity contribution in [2.45, 2.75) is 6.42 Å². The van der Waals surface area contributed by atoms with Crippen LogP contribution in [0.5, 0.6) is 0 Å². The van der Waals surface area contributed by atoms with Crippen LogP contribution in [-0.2, 0) is 0 Å². The van der Waals surface area contributed by atoms with E-state index in [1.165, 1.54) is 6.42 Å². The molecule has 0 heterocycles. The summed E-state index contributed by atoms with van der Waals surface area (Å²) in [6.07, 6.45) is 5.67. The van der Waals surface area contributed by atoms with Crippen LogP contribution in [0.2, 0.25) is 0 Å². The first-order valence-electron chi connectivity index (χ1n) is 2.64. The van der Waals surface area contributed by atoms with Gasteiger partial charge < -0.3 is 0 Å². The van der Waals surface area contributed by atoms with Gasteiger partial charge in [0.25, 0.3) is 0 Å². The van der Waals surface area contributed by atoms with Gasteiger partial charge in [0.15, 0.2) is 0 Å². The molecule has 0 saturated carbocycles. The standard InChI is InChI=1S/C7H6/c1-2-7-4-3-6(1)5-7/h1-2,6-7H,5H2. The van der Waals surface area contributed by atoms with Gasteiger partial charge in [-0.1, -0.05) is 24.0 Å². The number of allylic oxidation sites excluding steroid dienone is 2. The highest BCUT2D eigenvalue weighted by Gasteiger charge is 2.19. The molecule has 0 nitrogen and oxygen atoms in total. The molecule has 2 aliphatic rings. The van der Waals surface area contributed by atoms with Gasteiger partial charge in [0.1, 0.15) is 0 Å². The number of hydrogen-bond donors (Lipinski definition) is 0. The summed E-state index contributed by atoms with van der Waals surface area (Å²) in [5, 5.41) is 0. The van der Waals surface area contributed by atoms with Crippen LogP contribution in [0.25, 0.3) is 0 Å². The van der Waals surface area contributed by atoms with E-state index in [1.54, 1.807) is 0 Å². The molecule has 2 unspecified atom stereocenters. The van der Waals surface area contributed by atoms with Crippen LogP contribution in [0.4, 0.5) is 0 Å². The maximum Gasteiger partial charge on any atom is 0.0398 e. The van der Waals surface area contributed by atoms with Crippen molar-refractivity contribution >= 4 is 0 Å². The van der Waals surface area contributed by atoms with Gasteiger partial charge in [0, 0.05) is 11.8 Å². The summed E-state index contributed by atoms with van der Waals surface area (Å²) in [6, 6.07) is 0. The van der Waals surface area contributed by atoms with Crippen molar-refractivity contribution in [3.05, 3.63) is 12.2 Å². The summed E-state index contributed by atoms with van der Waals surface area (Å²) < 4.78 is 0. The Morgan fingerprint density at radius 1 is 1.14 bits per heavy atom. The average Bonchev–Trinajstić information content (AvgIpc) is 2.22. The van der Waals surface area contributed by atoms with Gasteiger partial charge in [0.05, 0.1) is 0 Å². The summed E-state index contributed by atoms with van der Waals surface area (Å²) in [6.45, 7) is 0. The Kier molecular flexibility index (Phi) is 0.438. The van der Waals surface area contributed by atoms with Crippen LogP contribution < -0.4 is 0 Å². The molecular formula is C7H6. The van der Waals surface area contributed by atoms with Crippen molar-refractivity contribution in [2.24, 2.45) is 11.8 Å². The van der Waals surface area contributed by atoms with Crippen molar-refractivity contribution in [1.82, 2.24) is 0 Å². The highest BCUT2D eigenvalue weighted by Crippen LogP contribution is 2.26. The molecule has 0 aliphatic heterocycles. The van der Waals surface area contributed by atoms with Gasteiger partial charge >= 0.3 is 0 Å². The van der Waals surface area contributed by atoms with Crippen molar-refractivity contribution in [3.8, 4) is 11.8 Å². The fourth-order valence-electron chi connectivity index (χ4n) is 1.13. The molecule has 0 heteroatoms. The third kappa shape index (κ3) is 0.326. The maximum absolute atomic E-state index is 3.12. The van der Waals surface area contributed by atoms with Crippen LogP contribution in [0.15, 0.2) is 12.2 Å². The van der Waals surface area contributed by atoms with Crippen molar-refractivity contribution in [2.75, 3.05) is 0 Å². The fourth-order valence-corrected chi connectivity index (χ4v) is 1.13. The van der Waals surface area contributed by atoms with Crippen molar-refractivity contribution in [1.29, 1.82) is 0 Å². The third-order valence-electron chi connectivity index (χ3n) is 1.54. The molecule has 7 heavy (non-hydrogen) atoms.